The van der Waals surface area contributed by atoms with Gasteiger partial charge in [-0.25, -0.2) is 13.6 Å². The minimum Gasteiger partial charge on any atom is -0.481 e. The van der Waals surface area contributed by atoms with Gasteiger partial charge in [0.25, 0.3) is 5.92 Å². The fourth-order valence-corrected chi connectivity index (χ4v) is 5.25. The van der Waals surface area contributed by atoms with Gasteiger partial charge in [0.2, 0.25) is 5.91 Å². The summed E-state index contributed by atoms with van der Waals surface area (Å²) in [6, 6.07) is 15.8. The summed E-state index contributed by atoms with van der Waals surface area (Å²) in [7, 11) is 0. The molecule has 7 nitrogen and oxygen atoms in total. The average Bonchev–Trinajstić information content (AvgIpc) is 3.28. The minimum atomic E-state index is -3.52. The van der Waals surface area contributed by atoms with E-state index in [-0.39, 0.29) is 25.4 Å². The van der Waals surface area contributed by atoms with Crippen molar-refractivity contribution >= 4 is 18.0 Å². The molecule has 0 aromatic heterocycles. The SMILES string of the molecule is O=C(NC1(C(=O)N2CC(C(=O)O)C(F)(F)C2)CCC1)OCC1c2ccccc2-c2ccccc21. The molecule has 0 bridgehead atoms. The molecular weight excluding hydrogens is 446 g/mol. The predicted octanol–water partition coefficient (Wildman–Crippen LogP) is 3.63. The number of carboxylic acid groups (broad SMARTS) is 1. The predicted molar refractivity (Wildman–Crippen MR) is 117 cm³/mol. The van der Waals surface area contributed by atoms with Gasteiger partial charge in [-0.2, -0.15) is 0 Å². The fraction of sp³-hybridized carbons (Fsp3) is 0.400. The number of alkyl carbamates (subject to hydrolysis) is 1. The van der Waals surface area contributed by atoms with Crippen LogP contribution in [0.25, 0.3) is 11.1 Å². The number of ether oxygens (including phenoxy) is 1. The molecule has 1 aliphatic heterocycles. The van der Waals surface area contributed by atoms with Crippen LogP contribution in [0, 0.1) is 5.92 Å². The lowest BCUT2D eigenvalue weighted by Gasteiger charge is -2.42. The first-order valence-corrected chi connectivity index (χ1v) is 11.2. The highest BCUT2D eigenvalue weighted by Crippen LogP contribution is 2.45. The molecule has 1 heterocycles. The van der Waals surface area contributed by atoms with Crippen LogP contribution < -0.4 is 5.32 Å². The maximum atomic E-state index is 14.1. The fourth-order valence-electron chi connectivity index (χ4n) is 5.25. The lowest BCUT2D eigenvalue weighted by Crippen LogP contribution is -2.63. The number of benzene rings is 2. The van der Waals surface area contributed by atoms with Gasteiger partial charge in [-0.15, -0.1) is 0 Å². The Hall–Kier alpha value is -3.49. The number of amides is 2. The van der Waals surface area contributed by atoms with Crippen molar-refractivity contribution in [3.05, 3.63) is 59.7 Å². The van der Waals surface area contributed by atoms with Gasteiger partial charge in [-0.05, 0) is 41.5 Å². The molecule has 2 aromatic carbocycles. The third-order valence-electron chi connectivity index (χ3n) is 7.20. The van der Waals surface area contributed by atoms with Crippen LogP contribution in [-0.2, 0) is 14.3 Å². The van der Waals surface area contributed by atoms with Crippen LogP contribution in [0.3, 0.4) is 0 Å². The Morgan fingerprint density at radius 2 is 1.62 bits per heavy atom. The van der Waals surface area contributed by atoms with Crippen LogP contribution in [0.2, 0.25) is 0 Å². The summed E-state index contributed by atoms with van der Waals surface area (Å²) >= 11 is 0. The van der Waals surface area contributed by atoms with Gasteiger partial charge in [0.05, 0.1) is 6.54 Å². The van der Waals surface area contributed by atoms with Gasteiger partial charge in [-0.1, -0.05) is 48.5 Å². The normalized spacial score (nSPS) is 21.8. The third-order valence-corrected chi connectivity index (χ3v) is 7.20. The van der Waals surface area contributed by atoms with E-state index in [0.717, 1.165) is 27.2 Å². The molecular formula is C25H24F2N2O5. The second kappa shape index (κ2) is 8.07. The quantitative estimate of drug-likeness (QED) is 0.696. The molecule has 2 N–H and O–H groups in total. The number of nitrogens with zero attached hydrogens (tertiary/aromatic N) is 1. The smallest absolute Gasteiger partial charge is 0.408 e. The number of carbonyl (C=O) groups excluding carboxylic acids is 2. The highest BCUT2D eigenvalue weighted by atomic mass is 19.3. The highest BCUT2D eigenvalue weighted by Gasteiger charge is 2.57. The molecule has 34 heavy (non-hydrogen) atoms. The maximum absolute atomic E-state index is 14.1. The second-order valence-corrected chi connectivity index (χ2v) is 9.22. The number of aliphatic carboxylic acids is 1. The summed E-state index contributed by atoms with van der Waals surface area (Å²) < 4.78 is 33.7. The number of alkyl halides is 2. The van der Waals surface area contributed by atoms with E-state index in [9.17, 15) is 23.2 Å². The van der Waals surface area contributed by atoms with E-state index in [1.165, 1.54) is 0 Å². The van der Waals surface area contributed by atoms with Gasteiger partial charge >= 0.3 is 12.1 Å². The maximum Gasteiger partial charge on any atom is 0.408 e. The molecule has 1 saturated heterocycles. The van der Waals surface area contributed by atoms with E-state index in [1.807, 2.05) is 48.5 Å². The monoisotopic (exact) mass is 470 g/mol. The number of hydrogen-bond acceptors (Lipinski definition) is 4. The summed E-state index contributed by atoms with van der Waals surface area (Å²) in [6.45, 7) is -1.50. The van der Waals surface area contributed by atoms with E-state index < -0.39 is 48.4 Å². The largest absolute Gasteiger partial charge is 0.481 e. The lowest BCUT2D eigenvalue weighted by atomic mass is 9.75. The molecule has 2 aromatic rings. The van der Waals surface area contributed by atoms with Crippen molar-refractivity contribution in [2.24, 2.45) is 5.92 Å². The zero-order valence-electron chi connectivity index (χ0n) is 18.3. The topological polar surface area (TPSA) is 95.9 Å². The number of halogens is 2. The molecule has 3 aliphatic rings. The van der Waals surface area contributed by atoms with Crippen LogP contribution >= 0.6 is 0 Å². The van der Waals surface area contributed by atoms with Crippen molar-refractivity contribution in [1.29, 1.82) is 0 Å². The molecule has 178 valence electrons. The van der Waals surface area contributed by atoms with Crippen molar-refractivity contribution in [1.82, 2.24) is 10.2 Å². The van der Waals surface area contributed by atoms with E-state index >= 15 is 0 Å². The molecule has 5 rings (SSSR count). The van der Waals surface area contributed by atoms with Crippen molar-refractivity contribution in [3.8, 4) is 11.1 Å². The number of hydrogen-bond donors (Lipinski definition) is 2. The van der Waals surface area contributed by atoms with E-state index in [2.05, 4.69) is 5.32 Å². The highest BCUT2D eigenvalue weighted by molar-refractivity contribution is 5.92. The molecule has 2 aliphatic carbocycles. The van der Waals surface area contributed by atoms with E-state index in [0.29, 0.717) is 6.42 Å². The summed E-state index contributed by atoms with van der Waals surface area (Å²) in [5.74, 6) is -7.96. The zero-order valence-corrected chi connectivity index (χ0v) is 18.3. The van der Waals surface area contributed by atoms with Gasteiger partial charge in [-0.3, -0.25) is 9.59 Å². The number of fused-ring (bicyclic) bond motifs is 3. The Morgan fingerprint density at radius 3 is 2.12 bits per heavy atom. The number of carbonyl (C=O) groups is 3. The van der Waals surface area contributed by atoms with Crippen LogP contribution in [-0.4, -0.2) is 59.1 Å². The molecule has 2 fully saturated rings. The van der Waals surface area contributed by atoms with Crippen molar-refractivity contribution in [3.63, 3.8) is 0 Å². The standard InChI is InChI=1S/C25H24F2N2O5/c26-25(27)14-29(12-20(25)21(30)31)22(32)24(10-5-11-24)28-23(33)34-13-19-17-8-3-1-6-15(17)16-7-2-4-9-18(16)19/h1-4,6-9,19-20H,5,10-14H2,(H,28,33)(H,30,31). The van der Waals surface area contributed by atoms with E-state index in [1.54, 1.807) is 0 Å². The summed E-state index contributed by atoms with van der Waals surface area (Å²) in [6.07, 6.45) is 0.420. The van der Waals surface area contributed by atoms with Crippen molar-refractivity contribution in [2.75, 3.05) is 19.7 Å². The number of carboxylic acids is 1. The minimum absolute atomic E-state index is 0.0625. The molecule has 1 atom stereocenters. The van der Waals surface area contributed by atoms with Crippen LogP contribution in [0.1, 0.15) is 36.3 Å². The second-order valence-electron chi connectivity index (χ2n) is 9.22. The zero-order chi connectivity index (χ0) is 24.1. The molecule has 1 unspecified atom stereocenters. The third kappa shape index (κ3) is 3.59. The Balaban J connectivity index is 1.27. The molecule has 9 heteroatoms. The van der Waals surface area contributed by atoms with Crippen molar-refractivity contribution in [2.45, 2.75) is 36.6 Å². The summed E-state index contributed by atoms with van der Waals surface area (Å²) in [5, 5.41) is 11.7. The van der Waals surface area contributed by atoms with E-state index in [4.69, 9.17) is 9.84 Å². The molecule has 0 spiro atoms. The van der Waals surface area contributed by atoms with Gasteiger partial charge < -0.3 is 20.1 Å². The number of rotatable bonds is 5. The van der Waals surface area contributed by atoms with Crippen molar-refractivity contribution < 1.29 is 33.0 Å². The number of likely N-dealkylation sites (tertiary alicyclic amines) is 1. The van der Waals surface area contributed by atoms with Crippen LogP contribution in [0.15, 0.2) is 48.5 Å². The van der Waals surface area contributed by atoms with Gasteiger partial charge in [0.1, 0.15) is 18.1 Å². The first-order chi connectivity index (χ1) is 16.2. The molecule has 1 saturated carbocycles. The Bertz CT molecular complexity index is 1120. The summed E-state index contributed by atoms with van der Waals surface area (Å²) in [5.41, 5.74) is 2.92. The Kier molecular flexibility index (Phi) is 5.30. The first-order valence-electron chi connectivity index (χ1n) is 11.2. The lowest BCUT2D eigenvalue weighted by molar-refractivity contribution is -0.151. The number of nitrogens with one attached hydrogen (secondary N) is 1. The Morgan fingerprint density at radius 1 is 1.03 bits per heavy atom. The Labute approximate surface area is 194 Å². The first kappa shape index (κ1) is 22.3. The van der Waals surface area contributed by atoms with Gasteiger partial charge in [0, 0.05) is 12.5 Å². The van der Waals surface area contributed by atoms with Crippen LogP contribution in [0.5, 0.6) is 0 Å². The van der Waals surface area contributed by atoms with Gasteiger partial charge in [0.15, 0.2) is 0 Å². The van der Waals surface area contributed by atoms with Crippen LogP contribution in [0.4, 0.5) is 13.6 Å². The molecule has 2 amide bonds. The summed E-state index contributed by atoms with van der Waals surface area (Å²) in [4.78, 5) is 37.8. The average molecular weight is 470 g/mol. The molecule has 0 radical (unpaired) electrons.